The molecule has 106 valence electrons. The Hall–Kier alpha value is -0.860. The van der Waals surface area contributed by atoms with Gasteiger partial charge in [-0.1, -0.05) is 50.5 Å². The predicted octanol–water partition coefficient (Wildman–Crippen LogP) is 3.89. The molecule has 1 fully saturated rings. The lowest BCUT2D eigenvalue weighted by atomic mass is 9.83. The molecule has 0 unspecified atom stereocenters. The summed E-state index contributed by atoms with van der Waals surface area (Å²) in [7, 11) is 0. The average Bonchev–Trinajstić information content (AvgIpc) is 2.38. The Morgan fingerprint density at radius 2 is 2.00 bits per heavy atom. The van der Waals surface area contributed by atoms with Gasteiger partial charge in [-0.05, 0) is 36.4 Å². The Morgan fingerprint density at radius 3 is 2.68 bits per heavy atom. The molecule has 1 saturated carbocycles. The van der Waals surface area contributed by atoms with E-state index in [1.165, 1.54) is 43.2 Å². The second kappa shape index (κ2) is 8.34. The van der Waals surface area contributed by atoms with Gasteiger partial charge in [0, 0.05) is 13.2 Å². The lowest BCUT2D eigenvalue weighted by Crippen LogP contribution is -2.16. The third-order valence-corrected chi connectivity index (χ3v) is 4.01. The van der Waals surface area contributed by atoms with E-state index in [1.807, 2.05) is 0 Å². The summed E-state index contributed by atoms with van der Waals surface area (Å²) >= 11 is 0. The maximum atomic E-state index is 5.85. The monoisotopic (exact) mass is 261 g/mol. The molecule has 0 atom stereocenters. The van der Waals surface area contributed by atoms with Crippen LogP contribution in [0.25, 0.3) is 0 Å². The van der Waals surface area contributed by atoms with Crippen molar-refractivity contribution < 1.29 is 4.74 Å². The number of benzene rings is 1. The van der Waals surface area contributed by atoms with Gasteiger partial charge in [0.25, 0.3) is 0 Å². The molecule has 1 aliphatic rings. The quantitative estimate of drug-likeness (QED) is 0.681. The van der Waals surface area contributed by atoms with Gasteiger partial charge in [-0.2, -0.15) is 0 Å². The average molecular weight is 261 g/mol. The first kappa shape index (κ1) is 14.5. The molecule has 0 radical (unpaired) electrons. The van der Waals surface area contributed by atoms with Crippen molar-refractivity contribution in [2.45, 2.75) is 52.2 Å². The number of hydrogen-bond acceptors (Lipinski definition) is 2. The lowest BCUT2D eigenvalue weighted by molar-refractivity contribution is 0.0945. The third kappa shape index (κ3) is 4.96. The number of rotatable bonds is 9. The first-order chi connectivity index (χ1) is 9.40. The highest BCUT2D eigenvalue weighted by Crippen LogP contribution is 2.29. The van der Waals surface area contributed by atoms with Crippen LogP contribution in [0, 0.1) is 5.92 Å². The molecule has 1 aromatic rings. The summed E-state index contributed by atoms with van der Waals surface area (Å²) in [5.74, 6) is 0.946. The van der Waals surface area contributed by atoms with Gasteiger partial charge in [0.05, 0.1) is 6.61 Å². The van der Waals surface area contributed by atoms with Gasteiger partial charge >= 0.3 is 0 Å². The summed E-state index contributed by atoms with van der Waals surface area (Å²) in [5, 5.41) is 3.46. The molecule has 0 aromatic heterocycles. The van der Waals surface area contributed by atoms with Gasteiger partial charge < -0.3 is 10.1 Å². The largest absolute Gasteiger partial charge is 0.377 e. The minimum absolute atomic E-state index is 0.761. The maximum absolute atomic E-state index is 5.85. The Morgan fingerprint density at radius 1 is 1.21 bits per heavy atom. The molecular weight excluding hydrogens is 234 g/mol. The number of hydrogen-bond donors (Lipinski definition) is 1. The SMILES string of the molecule is CCCNCc1ccccc1COCCC1CCC1. The molecule has 0 spiro atoms. The normalized spacial score (nSPS) is 15.4. The molecule has 2 nitrogen and oxygen atoms in total. The highest BCUT2D eigenvalue weighted by Gasteiger charge is 2.16. The van der Waals surface area contributed by atoms with Gasteiger partial charge in [0.2, 0.25) is 0 Å². The van der Waals surface area contributed by atoms with E-state index in [0.717, 1.165) is 32.2 Å². The minimum atomic E-state index is 0.761. The fourth-order valence-electron chi connectivity index (χ4n) is 2.48. The van der Waals surface area contributed by atoms with E-state index in [4.69, 9.17) is 4.74 Å². The van der Waals surface area contributed by atoms with Crippen LogP contribution in [0.5, 0.6) is 0 Å². The highest BCUT2D eigenvalue weighted by molar-refractivity contribution is 5.26. The lowest BCUT2D eigenvalue weighted by Gasteiger charge is -2.25. The van der Waals surface area contributed by atoms with Crippen LogP contribution in [0.1, 0.15) is 50.2 Å². The molecule has 0 bridgehead atoms. The Kier molecular flexibility index (Phi) is 6.38. The fourth-order valence-corrected chi connectivity index (χ4v) is 2.48. The van der Waals surface area contributed by atoms with Crippen LogP contribution in [0.3, 0.4) is 0 Å². The fraction of sp³-hybridized carbons (Fsp3) is 0.647. The molecule has 19 heavy (non-hydrogen) atoms. The Labute approximate surface area is 117 Å². The van der Waals surface area contributed by atoms with Gasteiger partial charge in [0.15, 0.2) is 0 Å². The second-order valence-corrected chi connectivity index (χ2v) is 5.58. The maximum Gasteiger partial charge on any atom is 0.0720 e. The van der Waals surface area contributed by atoms with Crippen molar-refractivity contribution in [2.24, 2.45) is 5.92 Å². The van der Waals surface area contributed by atoms with Crippen LogP contribution < -0.4 is 5.32 Å². The van der Waals surface area contributed by atoms with Gasteiger partial charge in [0.1, 0.15) is 0 Å². The van der Waals surface area contributed by atoms with Crippen molar-refractivity contribution in [3.05, 3.63) is 35.4 Å². The van der Waals surface area contributed by atoms with Crippen LogP contribution in [-0.4, -0.2) is 13.2 Å². The van der Waals surface area contributed by atoms with E-state index in [2.05, 4.69) is 36.5 Å². The van der Waals surface area contributed by atoms with Crippen molar-refractivity contribution in [1.29, 1.82) is 0 Å². The summed E-state index contributed by atoms with van der Waals surface area (Å²) in [6.07, 6.45) is 6.69. The topological polar surface area (TPSA) is 21.3 Å². The van der Waals surface area contributed by atoms with E-state index >= 15 is 0 Å². The zero-order valence-corrected chi connectivity index (χ0v) is 12.2. The van der Waals surface area contributed by atoms with E-state index in [9.17, 15) is 0 Å². The molecule has 0 saturated heterocycles. The molecule has 1 aromatic carbocycles. The van der Waals surface area contributed by atoms with Crippen molar-refractivity contribution >= 4 is 0 Å². The molecule has 2 heteroatoms. The molecule has 0 heterocycles. The molecular formula is C17H27NO. The summed E-state index contributed by atoms with van der Waals surface area (Å²) in [5.41, 5.74) is 2.71. The number of ether oxygens (including phenoxy) is 1. The standard InChI is InChI=1S/C17H27NO/c1-2-11-18-13-16-8-3-4-9-17(16)14-19-12-10-15-6-5-7-15/h3-4,8-9,15,18H,2,5-7,10-14H2,1H3. The molecule has 0 aliphatic heterocycles. The highest BCUT2D eigenvalue weighted by atomic mass is 16.5. The van der Waals surface area contributed by atoms with Crippen LogP contribution in [0.15, 0.2) is 24.3 Å². The van der Waals surface area contributed by atoms with Gasteiger partial charge in [-0.3, -0.25) is 0 Å². The number of nitrogens with one attached hydrogen (secondary N) is 1. The van der Waals surface area contributed by atoms with Crippen molar-refractivity contribution in [2.75, 3.05) is 13.2 Å². The smallest absolute Gasteiger partial charge is 0.0720 e. The third-order valence-electron chi connectivity index (χ3n) is 4.01. The van der Waals surface area contributed by atoms with Crippen LogP contribution in [-0.2, 0) is 17.9 Å². The summed E-state index contributed by atoms with van der Waals surface area (Å²) < 4.78 is 5.85. The zero-order chi connectivity index (χ0) is 13.3. The van der Waals surface area contributed by atoms with E-state index < -0.39 is 0 Å². The Balaban J connectivity index is 1.71. The van der Waals surface area contributed by atoms with Gasteiger partial charge in [-0.25, -0.2) is 0 Å². The van der Waals surface area contributed by atoms with E-state index in [1.54, 1.807) is 0 Å². The minimum Gasteiger partial charge on any atom is -0.377 e. The van der Waals surface area contributed by atoms with Crippen molar-refractivity contribution in [3.8, 4) is 0 Å². The van der Waals surface area contributed by atoms with Crippen molar-refractivity contribution in [3.63, 3.8) is 0 Å². The molecule has 1 N–H and O–H groups in total. The molecule has 0 amide bonds. The van der Waals surface area contributed by atoms with Crippen molar-refractivity contribution in [1.82, 2.24) is 5.32 Å². The second-order valence-electron chi connectivity index (χ2n) is 5.58. The van der Waals surface area contributed by atoms with E-state index in [0.29, 0.717) is 0 Å². The van der Waals surface area contributed by atoms with Gasteiger partial charge in [-0.15, -0.1) is 0 Å². The Bertz CT molecular complexity index is 360. The first-order valence-corrected chi connectivity index (χ1v) is 7.75. The first-order valence-electron chi connectivity index (χ1n) is 7.75. The summed E-state index contributed by atoms with van der Waals surface area (Å²) in [6.45, 7) is 5.91. The summed E-state index contributed by atoms with van der Waals surface area (Å²) in [4.78, 5) is 0. The van der Waals surface area contributed by atoms with Crippen LogP contribution in [0.2, 0.25) is 0 Å². The van der Waals surface area contributed by atoms with E-state index in [-0.39, 0.29) is 0 Å². The predicted molar refractivity (Wildman–Crippen MR) is 80.1 cm³/mol. The zero-order valence-electron chi connectivity index (χ0n) is 12.2. The van der Waals surface area contributed by atoms with Crippen LogP contribution in [0.4, 0.5) is 0 Å². The molecule has 2 rings (SSSR count). The van der Waals surface area contributed by atoms with Crippen LogP contribution >= 0.6 is 0 Å². The molecule has 1 aliphatic carbocycles. The summed E-state index contributed by atoms with van der Waals surface area (Å²) in [6, 6.07) is 8.61.